The zero-order valence-corrected chi connectivity index (χ0v) is 13.8. The van der Waals surface area contributed by atoms with Crippen LogP contribution in [0.4, 0.5) is 5.82 Å². The molecule has 1 aliphatic carbocycles. The number of carbonyl (C=O) groups excluding carboxylic acids is 1. The molecule has 0 aliphatic heterocycles. The number of nitrogens with two attached hydrogens (primary N) is 1. The van der Waals surface area contributed by atoms with E-state index in [4.69, 9.17) is 5.73 Å². The summed E-state index contributed by atoms with van der Waals surface area (Å²) in [4.78, 5) is 12.3. The molecule has 0 saturated heterocycles. The molecule has 1 fully saturated rings. The monoisotopic (exact) mass is 314 g/mol. The first kappa shape index (κ1) is 18.0. The molecule has 1 aromatic heterocycles. The van der Waals surface area contributed by atoms with E-state index >= 15 is 0 Å². The molecule has 0 radical (unpaired) electrons. The number of aromatic nitrogens is 2. The molecule has 1 atom stereocenters. The molecule has 3 N–H and O–H groups in total. The molecular formula is C15H27ClN4O. The van der Waals surface area contributed by atoms with Crippen LogP contribution in [0.25, 0.3) is 0 Å². The van der Waals surface area contributed by atoms with Gasteiger partial charge in [0.2, 0.25) is 5.91 Å². The summed E-state index contributed by atoms with van der Waals surface area (Å²) in [6, 6.07) is -0.403. The lowest BCUT2D eigenvalue weighted by molar-refractivity contribution is -0.118. The van der Waals surface area contributed by atoms with Crippen LogP contribution in [-0.2, 0) is 11.3 Å². The number of carbonyl (C=O) groups is 1. The van der Waals surface area contributed by atoms with Gasteiger partial charge in [-0.1, -0.05) is 26.2 Å². The highest BCUT2D eigenvalue weighted by Crippen LogP contribution is 2.26. The van der Waals surface area contributed by atoms with Gasteiger partial charge in [-0.3, -0.25) is 4.79 Å². The number of nitrogens with zero attached hydrogens (tertiary/aromatic N) is 2. The highest BCUT2D eigenvalue weighted by atomic mass is 35.5. The number of anilines is 1. The summed E-state index contributed by atoms with van der Waals surface area (Å²) < 4.78 is 1.85. The Balaban J connectivity index is 0.00000220. The molecule has 0 unspecified atom stereocenters. The van der Waals surface area contributed by atoms with E-state index in [2.05, 4.69) is 17.3 Å². The van der Waals surface area contributed by atoms with E-state index in [0.717, 1.165) is 37.2 Å². The van der Waals surface area contributed by atoms with Crippen molar-refractivity contribution in [2.24, 2.45) is 11.7 Å². The number of amides is 1. The molecule has 0 spiro atoms. The predicted octanol–water partition coefficient (Wildman–Crippen LogP) is 2.87. The third-order valence-corrected chi connectivity index (χ3v) is 4.16. The van der Waals surface area contributed by atoms with Crippen molar-refractivity contribution in [1.82, 2.24) is 9.78 Å². The molecule has 1 saturated carbocycles. The molecule has 1 heterocycles. The topological polar surface area (TPSA) is 72.9 Å². The zero-order chi connectivity index (χ0) is 14.5. The standard InChI is InChI=1S/C15H26N4O.ClH/c1-3-9-19-14(11(2)10-17-19)18-15(20)13(16)12-7-5-4-6-8-12;/h10,12-13H,3-9,16H2,1-2H3,(H,18,20);1H/t13-;/m0./s1. The Labute approximate surface area is 133 Å². The number of rotatable bonds is 5. The summed E-state index contributed by atoms with van der Waals surface area (Å²) in [6.07, 6.45) is 8.57. The van der Waals surface area contributed by atoms with Crippen LogP contribution in [0, 0.1) is 12.8 Å². The summed E-state index contributed by atoms with van der Waals surface area (Å²) in [5.41, 5.74) is 7.13. The van der Waals surface area contributed by atoms with E-state index in [0.29, 0.717) is 5.92 Å². The number of aryl methyl sites for hydroxylation is 2. The third kappa shape index (κ3) is 4.45. The lowest BCUT2D eigenvalue weighted by Crippen LogP contribution is -2.43. The van der Waals surface area contributed by atoms with Gasteiger partial charge in [-0.05, 0) is 32.1 Å². The number of halogens is 1. The van der Waals surface area contributed by atoms with E-state index < -0.39 is 6.04 Å². The SMILES string of the molecule is CCCn1ncc(C)c1NC(=O)[C@@H](N)C1CCCCC1.Cl. The van der Waals surface area contributed by atoms with Gasteiger partial charge in [-0.15, -0.1) is 12.4 Å². The van der Waals surface area contributed by atoms with Crippen LogP contribution in [0.5, 0.6) is 0 Å². The van der Waals surface area contributed by atoms with Gasteiger partial charge in [0.25, 0.3) is 0 Å². The molecule has 1 amide bonds. The summed E-state index contributed by atoms with van der Waals surface area (Å²) in [5.74, 6) is 1.05. The first-order valence-corrected chi connectivity index (χ1v) is 7.72. The van der Waals surface area contributed by atoms with E-state index in [1.165, 1.54) is 19.3 Å². The fourth-order valence-corrected chi connectivity index (χ4v) is 2.93. The molecule has 1 aliphatic rings. The minimum Gasteiger partial charge on any atom is -0.320 e. The van der Waals surface area contributed by atoms with Crippen LogP contribution in [-0.4, -0.2) is 21.7 Å². The Hall–Kier alpha value is -1.07. The normalized spacial score (nSPS) is 17.1. The average molecular weight is 315 g/mol. The van der Waals surface area contributed by atoms with Crippen molar-refractivity contribution in [1.29, 1.82) is 0 Å². The lowest BCUT2D eigenvalue weighted by Gasteiger charge is -2.26. The number of hydrogen-bond acceptors (Lipinski definition) is 3. The molecule has 21 heavy (non-hydrogen) atoms. The van der Waals surface area contributed by atoms with Crippen molar-refractivity contribution in [2.45, 2.75) is 65.0 Å². The Morgan fingerprint density at radius 2 is 2.14 bits per heavy atom. The van der Waals surface area contributed by atoms with Crippen molar-refractivity contribution in [3.8, 4) is 0 Å². The number of nitrogens with one attached hydrogen (secondary N) is 1. The second-order valence-electron chi connectivity index (χ2n) is 5.81. The maximum atomic E-state index is 12.3. The van der Waals surface area contributed by atoms with E-state index in [9.17, 15) is 4.79 Å². The first-order chi connectivity index (χ1) is 9.63. The van der Waals surface area contributed by atoms with Gasteiger partial charge >= 0.3 is 0 Å². The van der Waals surface area contributed by atoms with Crippen LogP contribution in [0.1, 0.15) is 51.0 Å². The van der Waals surface area contributed by atoms with E-state index in [1.54, 1.807) is 6.20 Å². The molecule has 5 nitrogen and oxygen atoms in total. The lowest BCUT2D eigenvalue weighted by atomic mass is 9.84. The minimum atomic E-state index is -0.403. The van der Waals surface area contributed by atoms with Crippen LogP contribution < -0.4 is 11.1 Å². The third-order valence-electron chi connectivity index (χ3n) is 4.16. The maximum Gasteiger partial charge on any atom is 0.242 e. The van der Waals surface area contributed by atoms with Crippen molar-refractivity contribution < 1.29 is 4.79 Å². The Bertz CT molecular complexity index is 455. The average Bonchev–Trinajstić information content (AvgIpc) is 2.81. The summed E-state index contributed by atoms with van der Waals surface area (Å²) in [6.45, 7) is 4.86. The number of hydrogen-bond donors (Lipinski definition) is 2. The smallest absolute Gasteiger partial charge is 0.242 e. The molecule has 2 rings (SSSR count). The summed E-state index contributed by atoms with van der Waals surface area (Å²) >= 11 is 0. The van der Waals surface area contributed by atoms with Crippen molar-refractivity contribution in [3.63, 3.8) is 0 Å². The quantitative estimate of drug-likeness (QED) is 0.877. The molecule has 0 aromatic carbocycles. The van der Waals surface area contributed by atoms with Crippen molar-refractivity contribution in [3.05, 3.63) is 11.8 Å². The minimum absolute atomic E-state index is 0. The Morgan fingerprint density at radius 3 is 2.76 bits per heavy atom. The van der Waals surface area contributed by atoms with Gasteiger partial charge < -0.3 is 11.1 Å². The fraction of sp³-hybridized carbons (Fsp3) is 0.733. The van der Waals surface area contributed by atoms with Gasteiger partial charge in [0.15, 0.2) is 0 Å². The first-order valence-electron chi connectivity index (χ1n) is 7.72. The highest BCUT2D eigenvalue weighted by molar-refractivity contribution is 5.94. The van der Waals surface area contributed by atoms with Crippen molar-refractivity contribution >= 4 is 24.1 Å². The Morgan fingerprint density at radius 1 is 1.48 bits per heavy atom. The van der Waals surface area contributed by atoms with Crippen LogP contribution in [0.15, 0.2) is 6.20 Å². The molecular weight excluding hydrogens is 288 g/mol. The van der Waals surface area contributed by atoms with Crippen LogP contribution in [0.3, 0.4) is 0 Å². The second-order valence-corrected chi connectivity index (χ2v) is 5.81. The van der Waals surface area contributed by atoms with Crippen LogP contribution in [0.2, 0.25) is 0 Å². The predicted molar refractivity (Wildman–Crippen MR) is 87.7 cm³/mol. The van der Waals surface area contributed by atoms with Gasteiger partial charge in [0.05, 0.1) is 12.2 Å². The molecule has 120 valence electrons. The second kappa shape index (κ2) is 8.39. The van der Waals surface area contributed by atoms with E-state index in [-0.39, 0.29) is 18.3 Å². The maximum absolute atomic E-state index is 12.3. The molecule has 1 aromatic rings. The van der Waals surface area contributed by atoms with Gasteiger partial charge in [-0.25, -0.2) is 4.68 Å². The molecule has 0 bridgehead atoms. The summed E-state index contributed by atoms with van der Waals surface area (Å²) in [5, 5.41) is 7.27. The highest BCUT2D eigenvalue weighted by Gasteiger charge is 2.27. The summed E-state index contributed by atoms with van der Waals surface area (Å²) in [7, 11) is 0. The van der Waals surface area contributed by atoms with Crippen molar-refractivity contribution in [2.75, 3.05) is 5.32 Å². The zero-order valence-electron chi connectivity index (χ0n) is 13.0. The van der Waals surface area contributed by atoms with Crippen LogP contribution >= 0.6 is 12.4 Å². The van der Waals surface area contributed by atoms with Gasteiger partial charge in [-0.2, -0.15) is 5.10 Å². The molecule has 6 heteroatoms. The van der Waals surface area contributed by atoms with Gasteiger partial charge in [0.1, 0.15) is 5.82 Å². The largest absolute Gasteiger partial charge is 0.320 e. The van der Waals surface area contributed by atoms with Gasteiger partial charge in [0, 0.05) is 12.1 Å². The fourth-order valence-electron chi connectivity index (χ4n) is 2.93. The Kier molecular flexibility index (Phi) is 7.18. The van der Waals surface area contributed by atoms with E-state index in [1.807, 2.05) is 11.6 Å².